The SMILES string of the molecule is CCOCCCNC(=NCC(=O)N(C)C)NCCOC. The number of hydrogen-bond donors (Lipinski definition) is 2. The van der Waals surface area contributed by atoms with Gasteiger partial charge in [-0.25, -0.2) is 4.99 Å². The summed E-state index contributed by atoms with van der Waals surface area (Å²) in [5.74, 6) is 0.584. The third-order valence-electron chi connectivity index (χ3n) is 2.43. The number of carbonyl (C=O) groups is 1. The Kier molecular flexibility index (Phi) is 11.8. The molecule has 0 fully saturated rings. The smallest absolute Gasteiger partial charge is 0.243 e. The number of carbonyl (C=O) groups excluding carboxylic acids is 1. The molecule has 0 radical (unpaired) electrons. The van der Waals surface area contributed by atoms with Gasteiger partial charge in [-0.05, 0) is 13.3 Å². The molecule has 0 rings (SSSR count). The molecule has 0 aromatic heterocycles. The number of guanidine groups is 1. The van der Waals surface area contributed by atoms with E-state index in [0.29, 0.717) is 25.7 Å². The number of nitrogens with one attached hydrogen (secondary N) is 2. The number of likely N-dealkylation sites (N-methyl/N-ethyl adjacent to an activating group) is 1. The number of hydrogen-bond acceptors (Lipinski definition) is 4. The largest absolute Gasteiger partial charge is 0.383 e. The minimum atomic E-state index is -0.0350. The zero-order valence-electron chi connectivity index (χ0n) is 13.1. The van der Waals surface area contributed by atoms with Crippen LogP contribution >= 0.6 is 0 Å². The Balaban J connectivity index is 4.11. The minimum absolute atomic E-state index is 0.0350. The number of nitrogens with zero attached hydrogens (tertiary/aromatic N) is 2. The summed E-state index contributed by atoms with van der Waals surface area (Å²) < 4.78 is 10.2. The fourth-order valence-electron chi connectivity index (χ4n) is 1.26. The van der Waals surface area contributed by atoms with Crippen molar-refractivity contribution in [3.8, 4) is 0 Å². The highest BCUT2D eigenvalue weighted by Gasteiger charge is 2.04. The molecular formula is C13H28N4O3. The van der Waals surface area contributed by atoms with Crippen molar-refractivity contribution in [3.05, 3.63) is 0 Å². The summed E-state index contributed by atoms with van der Waals surface area (Å²) in [5.41, 5.74) is 0. The Morgan fingerprint density at radius 2 is 1.90 bits per heavy atom. The van der Waals surface area contributed by atoms with Crippen molar-refractivity contribution in [2.45, 2.75) is 13.3 Å². The van der Waals surface area contributed by atoms with Gasteiger partial charge in [0.15, 0.2) is 5.96 Å². The lowest BCUT2D eigenvalue weighted by Gasteiger charge is -2.13. The number of amides is 1. The van der Waals surface area contributed by atoms with E-state index in [1.54, 1.807) is 21.2 Å². The lowest BCUT2D eigenvalue weighted by atomic mass is 10.4. The van der Waals surface area contributed by atoms with Gasteiger partial charge in [-0.1, -0.05) is 0 Å². The zero-order valence-corrected chi connectivity index (χ0v) is 13.1. The molecule has 0 atom stereocenters. The molecule has 0 aliphatic rings. The van der Waals surface area contributed by atoms with Gasteiger partial charge in [0.1, 0.15) is 6.54 Å². The maximum Gasteiger partial charge on any atom is 0.243 e. The second kappa shape index (κ2) is 12.7. The first-order valence-corrected chi connectivity index (χ1v) is 6.90. The summed E-state index contributed by atoms with van der Waals surface area (Å²) in [7, 11) is 5.07. The quantitative estimate of drug-likeness (QED) is 0.327. The van der Waals surface area contributed by atoms with Crippen molar-refractivity contribution < 1.29 is 14.3 Å². The molecule has 0 unspecified atom stereocenters. The summed E-state index contributed by atoms with van der Waals surface area (Å²) in [5, 5.41) is 6.27. The van der Waals surface area contributed by atoms with E-state index >= 15 is 0 Å². The molecule has 0 saturated heterocycles. The van der Waals surface area contributed by atoms with E-state index in [9.17, 15) is 4.79 Å². The molecular weight excluding hydrogens is 260 g/mol. The normalized spacial score (nSPS) is 11.3. The first-order valence-electron chi connectivity index (χ1n) is 6.90. The third kappa shape index (κ3) is 10.6. The molecule has 7 nitrogen and oxygen atoms in total. The Labute approximate surface area is 121 Å². The molecule has 7 heteroatoms. The van der Waals surface area contributed by atoms with E-state index < -0.39 is 0 Å². The van der Waals surface area contributed by atoms with Gasteiger partial charge in [0.2, 0.25) is 5.91 Å². The van der Waals surface area contributed by atoms with Gasteiger partial charge >= 0.3 is 0 Å². The lowest BCUT2D eigenvalue weighted by molar-refractivity contribution is -0.127. The van der Waals surface area contributed by atoms with Crippen LogP contribution in [0.4, 0.5) is 0 Å². The van der Waals surface area contributed by atoms with Crippen molar-refractivity contribution in [2.75, 3.05) is 60.7 Å². The van der Waals surface area contributed by atoms with E-state index in [1.807, 2.05) is 6.92 Å². The number of ether oxygens (including phenoxy) is 2. The fourth-order valence-corrected chi connectivity index (χ4v) is 1.26. The zero-order chi connectivity index (χ0) is 15.2. The van der Waals surface area contributed by atoms with E-state index in [1.165, 1.54) is 4.90 Å². The summed E-state index contributed by atoms with van der Waals surface area (Å²) in [6, 6.07) is 0. The number of aliphatic imine (C=N–C) groups is 1. The summed E-state index contributed by atoms with van der Waals surface area (Å²) in [6.07, 6.45) is 0.889. The van der Waals surface area contributed by atoms with Crippen molar-refractivity contribution in [2.24, 2.45) is 4.99 Å². The number of methoxy groups -OCH3 is 1. The molecule has 0 bridgehead atoms. The Morgan fingerprint density at radius 1 is 1.20 bits per heavy atom. The molecule has 0 aromatic carbocycles. The maximum atomic E-state index is 11.5. The summed E-state index contributed by atoms with van der Waals surface area (Å²) >= 11 is 0. The second-order valence-corrected chi connectivity index (χ2v) is 4.35. The highest BCUT2D eigenvalue weighted by atomic mass is 16.5. The molecule has 2 N–H and O–H groups in total. The van der Waals surface area contributed by atoms with Gasteiger partial charge in [0, 0.05) is 47.5 Å². The van der Waals surface area contributed by atoms with Crippen LogP contribution in [0.3, 0.4) is 0 Å². The first kappa shape index (κ1) is 18.7. The van der Waals surface area contributed by atoms with Crippen LogP contribution in [0.25, 0.3) is 0 Å². The van der Waals surface area contributed by atoms with Gasteiger partial charge in [-0.3, -0.25) is 4.79 Å². The van der Waals surface area contributed by atoms with Crippen LogP contribution in [-0.2, 0) is 14.3 Å². The summed E-state index contributed by atoms with van der Waals surface area (Å²) in [6.45, 7) is 5.51. The van der Waals surface area contributed by atoms with Crippen LogP contribution in [0, 0.1) is 0 Å². The predicted molar refractivity (Wildman–Crippen MR) is 80.0 cm³/mol. The molecule has 0 saturated carbocycles. The van der Waals surface area contributed by atoms with E-state index in [0.717, 1.165) is 19.6 Å². The molecule has 0 aliphatic heterocycles. The molecule has 0 aliphatic carbocycles. The van der Waals surface area contributed by atoms with Gasteiger partial charge < -0.3 is 25.0 Å². The van der Waals surface area contributed by atoms with E-state index in [2.05, 4.69) is 15.6 Å². The van der Waals surface area contributed by atoms with Crippen LogP contribution in [0.1, 0.15) is 13.3 Å². The topological polar surface area (TPSA) is 75.2 Å². The molecule has 0 aromatic rings. The second-order valence-electron chi connectivity index (χ2n) is 4.35. The Hall–Kier alpha value is -1.34. The van der Waals surface area contributed by atoms with E-state index in [4.69, 9.17) is 9.47 Å². The standard InChI is InChI=1S/C13H28N4O3/c1-5-20-9-6-7-14-13(15-8-10-19-4)16-11-12(18)17(2)3/h5-11H2,1-4H3,(H2,14,15,16). The molecule has 20 heavy (non-hydrogen) atoms. The lowest BCUT2D eigenvalue weighted by Crippen LogP contribution is -2.40. The summed E-state index contributed by atoms with van der Waals surface area (Å²) in [4.78, 5) is 17.3. The van der Waals surface area contributed by atoms with Gasteiger partial charge in [-0.15, -0.1) is 0 Å². The molecule has 1 amide bonds. The Morgan fingerprint density at radius 3 is 2.50 bits per heavy atom. The average Bonchev–Trinajstić information content (AvgIpc) is 2.43. The average molecular weight is 288 g/mol. The van der Waals surface area contributed by atoms with Crippen molar-refractivity contribution in [3.63, 3.8) is 0 Å². The Bertz CT molecular complexity index is 283. The van der Waals surface area contributed by atoms with Crippen molar-refractivity contribution in [1.82, 2.24) is 15.5 Å². The molecule has 118 valence electrons. The van der Waals surface area contributed by atoms with Crippen LogP contribution < -0.4 is 10.6 Å². The van der Waals surface area contributed by atoms with Crippen molar-refractivity contribution in [1.29, 1.82) is 0 Å². The number of rotatable bonds is 10. The predicted octanol–water partition coefficient (Wildman–Crippen LogP) is -0.317. The van der Waals surface area contributed by atoms with Crippen LogP contribution in [0.15, 0.2) is 4.99 Å². The van der Waals surface area contributed by atoms with Crippen LogP contribution in [0.5, 0.6) is 0 Å². The third-order valence-corrected chi connectivity index (χ3v) is 2.43. The highest BCUT2D eigenvalue weighted by Crippen LogP contribution is 1.84. The van der Waals surface area contributed by atoms with Gasteiger partial charge in [-0.2, -0.15) is 0 Å². The highest BCUT2D eigenvalue weighted by molar-refractivity contribution is 5.84. The van der Waals surface area contributed by atoms with E-state index in [-0.39, 0.29) is 12.5 Å². The minimum Gasteiger partial charge on any atom is -0.383 e. The fraction of sp³-hybridized carbons (Fsp3) is 0.846. The van der Waals surface area contributed by atoms with Crippen LogP contribution in [-0.4, -0.2) is 77.4 Å². The first-order chi connectivity index (χ1) is 9.61. The van der Waals surface area contributed by atoms with Crippen LogP contribution in [0.2, 0.25) is 0 Å². The monoisotopic (exact) mass is 288 g/mol. The molecule has 0 spiro atoms. The van der Waals surface area contributed by atoms with Gasteiger partial charge in [0.25, 0.3) is 0 Å². The van der Waals surface area contributed by atoms with Crippen molar-refractivity contribution >= 4 is 11.9 Å². The van der Waals surface area contributed by atoms with Gasteiger partial charge in [0.05, 0.1) is 6.61 Å². The molecule has 0 heterocycles. The maximum absolute atomic E-state index is 11.5.